The topological polar surface area (TPSA) is 74.6 Å². The van der Waals surface area contributed by atoms with Crippen LogP contribution in [0.2, 0.25) is 0 Å². The third kappa shape index (κ3) is 5.78. The van der Waals surface area contributed by atoms with Crippen LogP contribution in [0.25, 0.3) is 0 Å². The molecule has 0 aromatic rings. The van der Waals surface area contributed by atoms with Crippen molar-refractivity contribution >= 4 is 11.9 Å². The zero-order valence-corrected chi connectivity index (χ0v) is 16.7. The molecule has 0 aliphatic rings. The number of carboxylic acids is 2. The summed E-state index contributed by atoms with van der Waals surface area (Å²) in [6.45, 7) is 14.1. The van der Waals surface area contributed by atoms with Gasteiger partial charge in [-0.2, -0.15) is 0 Å². The monoisotopic (exact) mass is 342 g/mol. The van der Waals surface area contributed by atoms with Crippen molar-refractivity contribution in [2.24, 2.45) is 28.6 Å². The molecule has 0 aromatic carbocycles. The molecule has 24 heavy (non-hydrogen) atoms. The van der Waals surface area contributed by atoms with Gasteiger partial charge in [-0.25, -0.2) is 0 Å². The zero-order chi connectivity index (χ0) is 19.1. The summed E-state index contributed by atoms with van der Waals surface area (Å²) in [5.41, 5.74) is -1.24. The van der Waals surface area contributed by atoms with Crippen molar-refractivity contribution in [2.45, 2.75) is 87.0 Å². The van der Waals surface area contributed by atoms with E-state index < -0.39 is 23.3 Å². The summed E-state index contributed by atoms with van der Waals surface area (Å²) < 4.78 is 0. The lowest BCUT2D eigenvalue weighted by molar-refractivity contribution is -0.172. The second kappa shape index (κ2) is 9.43. The first-order valence-corrected chi connectivity index (χ1v) is 9.40. The van der Waals surface area contributed by atoms with E-state index >= 15 is 0 Å². The van der Waals surface area contributed by atoms with Gasteiger partial charge in [0, 0.05) is 0 Å². The van der Waals surface area contributed by atoms with Crippen molar-refractivity contribution in [2.75, 3.05) is 0 Å². The van der Waals surface area contributed by atoms with E-state index in [9.17, 15) is 19.8 Å². The molecule has 0 saturated carbocycles. The second-order valence-electron chi connectivity index (χ2n) is 8.70. The molecule has 0 spiro atoms. The minimum absolute atomic E-state index is 0.0383. The molecule has 0 aliphatic carbocycles. The van der Waals surface area contributed by atoms with E-state index in [1.807, 2.05) is 27.7 Å². The number of aliphatic carboxylic acids is 2. The minimum Gasteiger partial charge on any atom is -0.481 e. The Bertz CT molecular complexity index is 410. The van der Waals surface area contributed by atoms with Crippen LogP contribution in [0.15, 0.2) is 0 Å². The molecule has 0 heterocycles. The van der Waals surface area contributed by atoms with Crippen LogP contribution in [0.3, 0.4) is 0 Å². The third-order valence-electron chi connectivity index (χ3n) is 5.27. The SMILES string of the molecule is CCCCC(C(=O)O)(C(C)CC(C)(C)C)C(C(=O)O)C(C)CCC. The van der Waals surface area contributed by atoms with Crippen molar-refractivity contribution in [1.82, 2.24) is 0 Å². The van der Waals surface area contributed by atoms with Gasteiger partial charge in [0.1, 0.15) is 0 Å². The molecule has 0 rings (SSSR count). The molecule has 2 N–H and O–H groups in total. The molecule has 0 saturated heterocycles. The lowest BCUT2D eigenvalue weighted by Crippen LogP contribution is -2.50. The average molecular weight is 343 g/mol. The molecule has 0 fully saturated rings. The fourth-order valence-electron chi connectivity index (χ4n) is 4.32. The minimum atomic E-state index is -1.20. The van der Waals surface area contributed by atoms with Crippen LogP contribution < -0.4 is 0 Å². The van der Waals surface area contributed by atoms with Crippen LogP contribution >= 0.6 is 0 Å². The van der Waals surface area contributed by atoms with Crippen LogP contribution in [0, 0.1) is 28.6 Å². The molecule has 0 radical (unpaired) electrons. The summed E-state index contributed by atoms with van der Waals surface area (Å²) in [7, 11) is 0. The molecule has 4 heteroatoms. The van der Waals surface area contributed by atoms with Gasteiger partial charge < -0.3 is 10.2 Å². The van der Waals surface area contributed by atoms with Gasteiger partial charge in [-0.1, -0.05) is 74.1 Å². The Kier molecular flexibility index (Phi) is 9.01. The number of rotatable bonds is 11. The van der Waals surface area contributed by atoms with E-state index in [0.717, 1.165) is 25.7 Å². The summed E-state index contributed by atoms with van der Waals surface area (Å²) in [5, 5.41) is 20.1. The van der Waals surface area contributed by atoms with Gasteiger partial charge in [0.2, 0.25) is 0 Å². The molecule has 0 amide bonds. The summed E-state index contributed by atoms with van der Waals surface area (Å²) in [5.74, 6) is -3.10. The molecule has 4 atom stereocenters. The lowest BCUT2D eigenvalue weighted by Gasteiger charge is -2.44. The smallest absolute Gasteiger partial charge is 0.310 e. The van der Waals surface area contributed by atoms with Gasteiger partial charge in [0.25, 0.3) is 0 Å². The van der Waals surface area contributed by atoms with Crippen molar-refractivity contribution < 1.29 is 19.8 Å². The van der Waals surface area contributed by atoms with E-state index in [-0.39, 0.29) is 17.3 Å². The summed E-state index contributed by atoms with van der Waals surface area (Å²) in [4.78, 5) is 24.6. The van der Waals surface area contributed by atoms with Gasteiger partial charge in [0.15, 0.2) is 0 Å². The summed E-state index contributed by atoms with van der Waals surface area (Å²) in [6.07, 6.45) is 4.34. The molecular weight excluding hydrogens is 304 g/mol. The first-order valence-electron chi connectivity index (χ1n) is 9.40. The predicted octanol–water partition coefficient (Wildman–Crippen LogP) is 5.46. The Balaban J connectivity index is 6.11. The van der Waals surface area contributed by atoms with E-state index in [2.05, 4.69) is 20.8 Å². The highest BCUT2D eigenvalue weighted by molar-refractivity contribution is 5.84. The van der Waals surface area contributed by atoms with Crippen LogP contribution in [0.4, 0.5) is 0 Å². The van der Waals surface area contributed by atoms with Gasteiger partial charge >= 0.3 is 11.9 Å². The molecule has 4 unspecified atom stereocenters. The van der Waals surface area contributed by atoms with E-state index in [1.54, 1.807) is 0 Å². The third-order valence-corrected chi connectivity index (χ3v) is 5.27. The molecule has 0 bridgehead atoms. The van der Waals surface area contributed by atoms with Crippen molar-refractivity contribution in [1.29, 1.82) is 0 Å². The van der Waals surface area contributed by atoms with Crippen LogP contribution in [0.5, 0.6) is 0 Å². The first kappa shape index (κ1) is 22.9. The van der Waals surface area contributed by atoms with Crippen molar-refractivity contribution in [3.05, 3.63) is 0 Å². The number of hydrogen-bond acceptors (Lipinski definition) is 2. The maximum atomic E-state index is 12.4. The van der Waals surface area contributed by atoms with Gasteiger partial charge in [-0.3, -0.25) is 9.59 Å². The Labute approximate surface area is 148 Å². The zero-order valence-electron chi connectivity index (χ0n) is 16.7. The predicted molar refractivity (Wildman–Crippen MR) is 98.0 cm³/mol. The Morgan fingerprint density at radius 1 is 1.00 bits per heavy atom. The van der Waals surface area contributed by atoms with Crippen LogP contribution in [-0.4, -0.2) is 22.2 Å². The fourth-order valence-corrected chi connectivity index (χ4v) is 4.32. The number of carboxylic acid groups (broad SMARTS) is 2. The lowest BCUT2D eigenvalue weighted by atomic mass is 9.57. The normalized spacial score (nSPS) is 18.5. The largest absolute Gasteiger partial charge is 0.481 e. The second-order valence-corrected chi connectivity index (χ2v) is 8.70. The van der Waals surface area contributed by atoms with Crippen LogP contribution in [-0.2, 0) is 9.59 Å². The van der Waals surface area contributed by atoms with E-state index in [1.165, 1.54) is 0 Å². The Morgan fingerprint density at radius 2 is 1.54 bits per heavy atom. The summed E-state index contributed by atoms with van der Waals surface area (Å²) >= 11 is 0. The van der Waals surface area contributed by atoms with Gasteiger partial charge in [0.05, 0.1) is 11.3 Å². The number of carbonyl (C=O) groups is 2. The molecule has 4 nitrogen and oxygen atoms in total. The molecule has 0 aromatic heterocycles. The van der Waals surface area contributed by atoms with E-state index in [0.29, 0.717) is 12.8 Å². The average Bonchev–Trinajstić information content (AvgIpc) is 2.40. The van der Waals surface area contributed by atoms with Crippen molar-refractivity contribution in [3.63, 3.8) is 0 Å². The first-order chi connectivity index (χ1) is 10.9. The van der Waals surface area contributed by atoms with Gasteiger partial charge in [-0.15, -0.1) is 0 Å². The highest BCUT2D eigenvalue weighted by Crippen LogP contribution is 2.49. The number of unbranched alkanes of at least 4 members (excludes halogenated alkanes) is 1. The molecular formula is C20H38O4. The molecule has 142 valence electrons. The van der Waals surface area contributed by atoms with E-state index in [4.69, 9.17) is 0 Å². The van der Waals surface area contributed by atoms with Crippen molar-refractivity contribution in [3.8, 4) is 0 Å². The maximum absolute atomic E-state index is 12.4. The summed E-state index contributed by atoms with van der Waals surface area (Å²) in [6, 6.07) is 0. The number of hydrogen-bond donors (Lipinski definition) is 2. The molecule has 0 aliphatic heterocycles. The highest BCUT2D eigenvalue weighted by atomic mass is 16.4. The van der Waals surface area contributed by atoms with Gasteiger partial charge in [-0.05, 0) is 30.1 Å². The maximum Gasteiger partial charge on any atom is 0.310 e. The highest BCUT2D eigenvalue weighted by Gasteiger charge is 2.54. The Morgan fingerprint density at radius 3 is 1.88 bits per heavy atom. The Hall–Kier alpha value is -1.06. The van der Waals surface area contributed by atoms with Crippen LogP contribution in [0.1, 0.15) is 87.0 Å². The quantitative estimate of drug-likeness (QED) is 0.523. The fraction of sp³-hybridized carbons (Fsp3) is 0.900. The standard InChI is InChI=1S/C20H38O4/c1-8-10-12-20(18(23)24,15(4)13-19(5,6)7)16(17(21)22)14(3)11-9-2/h14-16H,8-13H2,1-7H3,(H,21,22)(H,23,24).